The molecule has 1 heterocycles. The molecular weight excluding hydrogens is 489 g/mol. The van der Waals surface area contributed by atoms with Gasteiger partial charge in [-0.25, -0.2) is 8.78 Å². The third-order valence-electron chi connectivity index (χ3n) is 5.98. The van der Waals surface area contributed by atoms with Crippen molar-refractivity contribution in [3.63, 3.8) is 0 Å². The molecule has 0 spiro atoms. The van der Waals surface area contributed by atoms with Gasteiger partial charge in [0.25, 0.3) is 0 Å². The van der Waals surface area contributed by atoms with E-state index in [1.807, 2.05) is 6.07 Å². The standard InChI is InChI=1S/C28H30F2N2O.2ClH/c29-26-12-8-24(9-13-26)28(25-10-14-27(30)15-11-25)33-22-21-32-19-17-31(18-20-32)16-4-7-23-5-2-1-3-6-23;;/h1-15,28H,16-22H2;2*1H/p-2. The Hall–Kier alpha value is -2.28. The maximum absolute atomic E-state index is 13.4. The van der Waals surface area contributed by atoms with Gasteiger partial charge in [0.05, 0.1) is 6.61 Å². The van der Waals surface area contributed by atoms with Crippen molar-refractivity contribution in [2.75, 3.05) is 45.9 Å². The van der Waals surface area contributed by atoms with Gasteiger partial charge < -0.3 is 29.6 Å². The number of ether oxygens (including phenoxy) is 1. The van der Waals surface area contributed by atoms with Crippen LogP contribution in [-0.2, 0) is 4.74 Å². The molecule has 0 unspecified atom stereocenters. The first-order chi connectivity index (χ1) is 16.2. The van der Waals surface area contributed by atoms with E-state index in [4.69, 9.17) is 4.74 Å². The predicted octanol–water partition coefficient (Wildman–Crippen LogP) is -0.590. The van der Waals surface area contributed by atoms with E-state index in [9.17, 15) is 8.78 Å². The van der Waals surface area contributed by atoms with Crippen molar-refractivity contribution in [2.24, 2.45) is 0 Å². The topological polar surface area (TPSA) is 15.7 Å². The Morgan fingerprint density at radius 2 is 1.23 bits per heavy atom. The monoisotopic (exact) mass is 518 g/mol. The van der Waals surface area contributed by atoms with Crippen LogP contribution in [0.4, 0.5) is 8.78 Å². The molecule has 0 amide bonds. The maximum Gasteiger partial charge on any atom is 0.123 e. The van der Waals surface area contributed by atoms with Gasteiger partial charge in [-0.05, 0) is 41.0 Å². The first kappa shape index (κ1) is 29.0. The summed E-state index contributed by atoms with van der Waals surface area (Å²) in [6.45, 7) is 6.38. The van der Waals surface area contributed by atoms with Crippen LogP contribution in [-0.4, -0.2) is 55.7 Å². The van der Waals surface area contributed by atoms with E-state index in [1.54, 1.807) is 24.3 Å². The molecule has 35 heavy (non-hydrogen) atoms. The zero-order valence-electron chi connectivity index (χ0n) is 19.5. The Kier molecular flexibility index (Phi) is 12.4. The summed E-state index contributed by atoms with van der Waals surface area (Å²) < 4.78 is 33.0. The van der Waals surface area contributed by atoms with Crippen molar-refractivity contribution < 1.29 is 38.3 Å². The van der Waals surface area contributed by atoms with Crippen LogP contribution in [0.5, 0.6) is 0 Å². The summed E-state index contributed by atoms with van der Waals surface area (Å²) in [6, 6.07) is 23.0. The third kappa shape index (κ3) is 9.02. The molecule has 3 nitrogen and oxygen atoms in total. The molecule has 1 saturated heterocycles. The molecular formula is C28H30Cl2F2N2O-2. The SMILES string of the molecule is Fc1ccc(C(OCCN2CCN(CC=Cc3ccccc3)CC2)c2ccc(F)cc2)cc1.[Cl-].[Cl-]. The lowest BCUT2D eigenvalue weighted by Gasteiger charge is -2.34. The number of rotatable bonds is 9. The molecule has 0 atom stereocenters. The Morgan fingerprint density at radius 3 is 1.77 bits per heavy atom. The highest BCUT2D eigenvalue weighted by Gasteiger charge is 2.18. The number of nitrogens with zero attached hydrogens (tertiary/aromatic N) is 2. The second-order valence-corrected chi connectivity index (χ2v) is 8.31. The van der Waals surface area contributed by atoms with Crippen LogP contribution in [0.15, 0.2) is 84.9 Å². The molecule has 0 saturated carbocycles. The first-order valence-electron chi connectivity index (χ1n) is 11.5. The predicted molar refractivity (Wildman–Crippen MR) is 129 cm³/mol. The summed E-state index contributed by atoms with van der Waals surface area (Å²) in [5.41, 5.74) is 2.95. The van der Waals surface area contributed by atoms with E-state index in [2.05, 4.69) is 46.2 Å². The van der Waals surface area contributed by atoms with Gasteiger partial charge in [-0.15, -0.1) is 0 Å². The van der Waals surface area contributed by atoms with Crippen molar-refractivity contribution in [2.45, 2.75) is 6.10 Å². The van der Waals surface area contributed by atoms with E-state index in [1.165, 1.54) is 29.8 Å². The molecule has 0 aromatic heterocycles. The van der Waals surface area contributed by atoms with Crippen molar-refractivity contribution >= 4 is 6.08 Å². The van der Waals surface area contributed by atoms with Gasteiger partial charge in [0, 0.05) is 39.3 Å². The van der Waals surface area contributed by atoms with Gasteiger partial charge in [0.1, 0.15) is 17.7 Å². The highest BCUT2D eigenvalue weighted by molar-refractivity contribution is 5.48. The van der Waals surface area contributed by atoms with Gasteiger partial charge in [-0.1, -0.05) is 66.7 Å². The second kappa shape index (κ2) is 15.0. The lowest BCUT2D eigenvalue weighted by atomic mass is 10.0. The Labute approximate surface area is 219 Å². The fourth-order valence-corrected chi connectivity index (χ4v) is 4.06. The van der Waals surface area contributed by atoms with Crippen molar-refractivity contribution in [1.29, 1.82) is 0 Å². The van der Waals surface area contributed by atoms with Crippen molar-refractivity contribution in [3.8, 4) is 0 Å². The van der Waals surface area contributed by atoms with E-state index in [-0.39, 0.29) is 42.6 Å². The lowest BCUT2D eigenvalue weighted by molar-refractivity contribution is -0.001000. The fraction of sp³-hybridized carbons (Fsp3) is 0.286. The molecule has 1 aliphatic heterocycles. The summed E-state index contributed by atoms with van der Waals surface area (Å²) in [6.07, 6.45) is 4.05. The minimum atomic E-state index is -0.351. The minimum Gasteiger partial charge on any atom is -1.00 e. The van der Waals surface area contributed by atoms with Gasteiger partial charge in [0.15, 0.2) is 0 Å². The molecule has 0 bridgehead atoms. The summed E-state index contributed by atoms with van der Waals surface area (Å²) >= 11 is 0. The van der Waals surface area contributed by atoms with Crippen molar-refractivity contribution in [3.05, 3.63) is 113 Å². The molecule has 188 valence electrons. The van der Waals surface area contributed by atoms with Crippen LogP contribution >= 0.6 is 0 Å². The summed E-state index contributed by atoms with van der Waals surface area (Å²) in [5.74, 6) is -0.568. The average molecular weight is 519 g/mol. The number of piperazine rings is 1. The molecule has 0 radical (unpaired) electrons. The highest BCUT2D eigenvalue weighted by atomic mass is 35.5. The number of hydrogen-bond acceptors (Lipinski definition) is 3. The molecule has 3 aromatic carbocycles. The van der Waals surface area contributed by atoms with Crippen LogP contribution in [0.25, 0.3) is 6.08 Å². The molecule has 0 N–H and O–H groups in total. The number of halogens is 4. The maximum atomic E-state index is 13.4. The van der Waals surface area contributed by atoms with Crippen LogP contribution in [0.1, 0.15) is 22.8 Å². The quantitative estimate of drug-likeness (QED) is 0.376. The average Bonchev–Trinajstić information content (AvgIpc) is 2.85. The highest BCUT2D eigenvalue weighted by Crippen LogP contribution is 2.26. The minimum absolute atomic E-state index is 0. The molecule has 1 fully saturated rings. The Balaban J connectivity index is 0.00000216. The molecule has 4 rings (SSSR count). The van der Waals surface area contributed by atoms with E-state index in [0.717, 1.165) is 50.4 Å². The number of hydrogen-bond donors (Lipinski definition) is 0. The first-order valence-corrected chi connectivity index (χ1v) is 11.5. The van der Waals surface area contributed by atoms with Crippen LogP contribution in [0.3, 0.4) is 0 Å². The van der Waals surface area contributed by atoms with Crippen LogP contribution < -0.4 is 24.8 Å². The van der Waals surface area contributed by atoms with E-state index >= 15 is 0 Å². The largest absolute Gasteiger partial charge is 1.00 e. The fourth-order valence-electron chi connectivity index (χ4n) is 4.06. The zero-order valence-corrected chi connectivity index (χ0v) is 21.0. The van der Waals surface area contributed by atoms with Crippen LogP contribution in [0.2, 0.25) is 0 Å². The van der Waals surface area contributed by atoms with Gasteiger partial charge in [-0.3, -0.25) is 9.80 Å². The van der Waals surface area contributed by atoms with Gasteiger partial charge >= 0.3 is 0 Å². The molecule has 1 aliphatic rings. The van der Waals surface area contributed by atoms with Gasteiger partial charge in [0.2, 0.25) is 0 Å². The Bertz CT molecular complexity index is 964. The van der Waals surface area contributed by atoms with E-state index < -0.39 is 0 Å². The molecule has 0 aliphatic carbocycles. The number of benzene rings is 3. The summed E-state index contributed by atoms with van der Waals surface area (Å²) in [5, 5.41) is 0. The smallest absolute Gasteiger partial charge is 0.123 e. The van der Waals surface area contributed by atoms with E-state index in [0.29, 0.717) is 6.61 Å². The summed E-state index contributed by atoms with van der Waals surface area (Å²) in [4.78, 5) is 4.86. The van der Waals surface area contributed by atoms with Crippen molar-refractivity contribution in [1.82, 2.24) is 9.80 Å². The normalized spacial score (nSPS) is 14.6. The Morgan fingerprint density at radius 1 is 0.714 bits per heavy atom. The zero-order chi connectivity index (χ0) is 22.9. The van der Waals surface area contributed by atoms with Crippen LogP contribution in [0, 0.1) is 11.6 Å². The van der Waals surface area contributed by atoms with Gasteiger partial charge in [-0.2, -0.15) is 0 Å². The third-order valence-corrected chi connectivity index (χ3v) is 5.98. The second-order valence-electron chi connectivity index (χ2n) is 8.31. The lowest BCUT2D eigenvalue weighted by Crippen LogP contribution is -3.00. The molecule has 7 heteroatoms. The molecule has 3 aromatic rings. The summed E-state index contributed by atoms with van der Waals surface area (Å²) in [7, 11) is 0.